The molecule has 4 nitrogen and oxygen atoms in total. The third kappa shape index (κ3) is 6.22. The van der Waals surface area contributed by atoms with Gasteiger partial charge in [0.25, 0.3) is 0 Å². The average molecular weight is 1210 g/mol. The van der Waals surface area contributed by atoms with Gasteiger partial charge in [-0.2, -0.15) is 0 Å². The summed E-state index contributed by atoms with van der Waals surface area (Å²) in [4.78, 5) is 8.04. The second kappa shape index (κ2) is 16.2. The fraction of sp³-hybridized carbons (Fsp3) is 0. The van der Waals surface area contributed by atoms with Crippen molar-refractivity contribution >= 4 is 64.1 Å². The molecule has 0 spiro atoms. The van der Waals surface area contributed by atoms with Gasteiger partial charge in [0.1, 0.15) is 0 Å². The van der Waals surface area contributed by atoms with E-state index in [4.69, 9.17) is 8.32 Å². The molecule has 0 saturated heterocycles. The first-order valence-corrected chi connectivity index (χ1v) is 28.5. The van der Waals surface area contributed by atoms with Crippen molar-refractivity contribution in [2.45, 2.75) is 0 Å². The van der Waals surface area contributed by atoms with Crippen LogP contribution in [0, 0.1) is 116 Å². The van der Waals surface area contributed by atoms with Gasteiger partial charge < -0.3 is 0 Å². The third-order valence-electron chi connectivity index (χ3n) is 11.4. The molecule has 6 bridgehead atoms. The number of halogens is 21. The number of benzene rings is 4. The van der Waals surface area contributed by atoms with Crippen molar-refractivity contribution in [2.24, 2.45) is 9.98 Å². The summed E-state index contributed by atoms with van der Waals surface area (Å²) < 4.78 is 310. The Bertz CT molecular complexity index is 3500. The van der Waals surface area contributed by atoms with Crippen molar-refractivity contribution in [1.82, 2.24) is 4.75 Å². The van der Waals surface area contributed by atoms with Crippen LogP contribution in [0.4, 0.5) is 87.8 Å². The number of rotatable bonds is 4. The Balaban J connectivity index is 1.54. The molecule has 0 aliphatic carbocycles. The van der Waals surface area contributed by atoms with Crippen LogP contribution in [0.15, 0.2) is 69.9 Å². The monoisotopic (exact) mass is 1210 g/mol. The van der Waals surface area contributed by atoms with Gasteiger partial charge >= 0.3 is 387 Å². The first kappa shape index (κ1) is 47.0. The van der Waals surface area contributed by atoms with Gasteiger partial charge in [-0.15, -0.1) is 0 Å². The minimum atomic E-state index is -6.29. The van der Waals surface area contributed by atoms with Gasteiger partial charge in [-0.05, 0) is 0 Å². The second-order valence-corrected chi connectivity index (χ2v) is 24.8. The van der Waals surface area contributed by atoms with Gasteiger partial charge in [0.15, 0.2) is 0 Å². The summed E-state index contributed by atoms with van der Waals surface area (Å²) in [5, 5.41) is -1.91. The number of allylic oxidation sites excluding steroid dienone is 4. The topological polar surface area (TPSA) is 34.6 Å². The molecular weight excluding hydrogens is 1200 g/mol. The van der Waals surface area contributed by atoms with Gasteiger partial charge in [0.05, 0.1) is 0 Å². The SMILES string of the molecule is Fc1c(F)c(F)c(C2=C3C=CC(=N3)C(c3c(F)c(F)c(F)c(F)c3F)=c3ccc4[n]3[Tl]([Cl])[n]3c2ccc3C(c2c(F)c(F)c(F)c(F)c2F)=C2C=CC(=N2)C=4c2c(F)c(F)c(F)c(F)c2F)c(F)c1F. The summed E-state index contributed by atoms with van der Waals surface area (Å²) in [7, 11) is 7.40. The Hall–Kier alpha value is -6.71. The van der Waals surface area contributed by atoms with Gasteiger partial charge in [-0.1, -0.05) is 0 Å². The molecule has 4 aliphatic heterocycles. The molecule has 6 heterocycles. The zero-order valence-electron chi connectivity index (χ0n) is 32.9. The van der Waals surface area contributed by atoms with Gasteiger partial charge in [0, 0.05) is 0 Å². The molecule has 0 saturated carbocycles. The second-order valence-electron chi connectivity index (χ2n) is 15.0. The number of nitrogens with zero attached hydrogens (tertiary/aromatic N) is 4. The van der Waals surface area contributed by atoms with E-state index >= 15 is 70.2 Å². The number of aromatic nitrogens is 2. The third-order valence-corrected chi connectivity index (χ3v) is 22.5. The summed E-state index contributed by atoms with van der Waals surface area (Å²) in [5.74, 6) is -53.4. The van der Waals surface area contributed by atoms with Crippen LogP contribution in [0.2, 0.25) is 0 Å². The van der Waals surface area contributed by atoms with E-state index < -0.39 is 228 Å². The summed E-state index contributed by atoms with van der Waals surface area (Å²) in [6.07, 6.45) is 2.54. The molecule has 0 radical (unpaired) electrons. The van der Waals surface area contributed by atoms with E-state index in [-0.39, 0.29) is 0 Å². The van der Waals surface area contributed by atoms with Crippen LogP contribution in [0.1, 0.15) is 33.6 Å². The number of fused-ring (bicyclic) bond motifs is 2. The Morgan fingerprint density at radius 1 is 0.300 bits per heavy atom. The summed E-state index contributed by atoms with van der Waals surface area (Å²) in [5.41, 5.74) is -18.9. The van der Waals surface area contributed by atoms with Crippen molar-refractivity contribution in [3.8, 4) is 0 Å². The Morgan fingerprint density at radius 3 is 0.814 bits per heavy atom. The van der Waals surface area contributed by atoms with Crippen LogP contribution in [-0.2, 0) is 0 Å². The molecule has 4 aliphatic rings. The van der Waals surface area contributed by atoms with Crippen LogP contribution in [-0.4, -0.2) is 38.3 Å². The molecular formula is C44H8ClF20N4Tl. The first-order chi connectivity index (χ1) is 33.0. The molecule has 26 heteroatoms. The first-order valence-electron chi connectivity index (χ1n) is 18.9. The summed E-state index contributed by atoms with van der Waals surface area (Å²) in [6.45, 7) is 0. The van der Waals surface area contributed by atoms with E-state index in [0.717, 1.165) is 0 Å². The van der Waals surface area contributed by atoms with Crippen LogP contribution >= 0.6 is 8.32 Å². The summed E-state index contributed by atoms with van der Waals surface area (Å²) >= 11 is -6.29. The molecule has 0 fully saturated rings. The quantitative estimate of drug-likeness (QED) is 0.0730. The van der Waals surface area contributed by atoms with Crippen LogP contribution in [0.5, 0.6) is 0 Å². The maximum absolute atomic E-state index is 16.2. The molecule has 0 unspecified atom stereocenters. The van der Waals surface area contributed by atoms with Crippen LogP contribution < -0.4 is 10.7 Å². The Labute approximate surface area is 385 Å². The maximum atomic E-state index is 16.2. The van der Waals surface area contributed by atoms with E-state index in [1.54, 1.807) is 0 Å². The van der Waals surface area contributed by atoms with Crippen molar-refractivity contribution in [3.63, 3.8) is 0 Å². The van der Waals surface area contributed by atoms with E-state index in [2.05, 4.69) is 9.98 Å². The van der Waals surface area contributed by atoms with E-state index in [1.165, 1.54) is 0 Å². The molecule has 0 N–H and O–H groups in total. The molecule has 6 aromatic rings. The standard InChI is InChI=1S/C44H8F20N4.ClH.Tl/c45-25-21(26(46)34(54)41(61)33(25)53)17-9-1-2-10(65-9)18(22-27(47)35(55)42(62)36(56)28(22)48)12-5-6-14(67-12)20(24-31(51)39(59)44(64)40(60)32(24)52)16-8-7-15(68-16)19(13-4-3-11(17)66-13)23-29(49)37(57)43(63)38(58)30(23)50;;/h1-8H;1H;/q-2;;+3/p-1. The predicted octanol–water partition coefficient (Wildman–Crippen LogP) is 10.7. The molecule has 0 amide bonds. The fourth-order valence-electron chi connectivity index (χ4n) is 8.41. The number of aliphatic imine (C=N–C) groups is 2. The van der Waals surface area contributed by atoms with E-state index in [1.807, 2.05) is 0 Å². The van der Waals surface area contributed by atoms with Crippen LogP contribution in [0.25, 0.3) is 22.3 Å². The van der Waals surface area contributed by atoms with E-state index in [0.29, 0.717) is 53.3 Å². The molecule has 354 valence electrons. The molecule has 2 aromatic heterocycles. The molecule has 70 heavy (non-hydrogen) atoms. The van der Waals surface area contributed by atoms with Crippen LogP contribution in [0.3, 0.4) is 0 Å². The van der Waals surface area contributed by atoms with Gasteiger partial charge in [0.2, 0.25) is 0 Å². The number of hydrogen-bond acceptors (Lipinski definition) is 2. The van der Waals surface area contributed by atoms with Crippen molar-refractivity contribution in [1.29, 1.82) is 0 Å². The fourth-order valence-corrected chi connectivity index (χ4v) is 19.9. The minimum absolute atomic E-state index is 0.529. The average Bonchev–Trinajstić information content (AvgIpc) is 4.19. The number of hydrogen-bond donors (Lipinski definition) is 0. The Morgan fingerprint density at radius 2 is 0.543 bits per heavy atom. The zero-order valence-corrected chi connectivity index (χ0v) is 38.2. The molecule has 4 aromatic carbocycles. The normalized spacial score (nSPS) is 15.1. The van der Waals surface area contributed by atoms with Crippen molar-refractivity contribution in [2.75, 3.05) is 0 Å². The Kier molecular flexibility index (Phi) is 10.9. The molecule has 0 atom stereocenters. The summed E-state index contributed by atoms with van der Waals surface area (Å²) in [6, 6.07) is 2.70. The van der Waals surface area contributed by atoms with Crippen molar-refractivity contribution < 1.29 is 87.8 Å². The van der Waals surface area contributed by atoms with Crippen molar-refractivity contribution in [3.05, 3.63) is 221 Å². The molecule has 10 rings (SSSR count). The van der Waals surface area contributed by atoms with Gasteiger partial charge in [-0.3, -0.25) is 0 Å². The van der Waals surface area contributed by atoms with Gasteiger partial charge in [-0.25, -0.2) is 0 Å². The zero-order chi connectivity index (χ0) is 50.6. The predicted molar refractivity (Wildman–Crippen MR) is 206 cm³/mol. The van der Waals surface area contributed by atoms with E-state index in [9.17, 15) is 17.6 Å².